The second-order valence-electron chi connectivity index (χ2n) is 7.07. The van der Waals surface area contributed by atoms with Gasteiger partial charge in [-0.1, -0.05) is 39.5 Å². The molecule has 2 N–H and O–H groups in total. The van der Waals surface area contributed by atoms with Crippen LogP contribution in [0, 0.1) is 11.8 Å². The smallest absolute Gasteiger partial charge is 0.242 e. The van der Waals surface area contributed by atoms with Gasteiger partial charge in [-0.15, -0.1) is 0 Å². The van der Waals surface area contributed by atoms with Crippen LogP contribution in [0.4, 0.5) is 0 Å². The molecule has 0 radical (unpaired) electrons. The zero-order valence-electron chi connectivity index (χ0n) is 12.7. The van der Waals surface area contributed by atoms with Crippen molar-refractivity contribution in [2.45, 2.75) is 70.8 Å². The summed E-state index contributed by atoms with van der Waals surface area (Å²) in [4.78, 5) is 14.5. The average molecular weight is 266 g/mol. The Hall–Kier alpha value is -0.570. The molecule has 0 aromatic heterocycles. The standard InChI is InChI=1S/C16H30N2O/c1-13(2)5-6-14-7-11-18(12-8-14)15(19)16(17)9-3-4-10-16/h13-14H,3-12,17H2,1-2H3. The zero-order valence-corrected chi connectivity index (χ0v) is 12.7. The van der Waals surface area contributed by atoms with Gasteiger partial charge in [-0.3, -0.25) is 4.79 Å². The van der Waals surface area contributed by atoms with Crippen LogP contribution in [0.3, 0.4) is 0 Å². The van der Waals surface area contributed by atoms with Crippen LogP contribution >= 0.6 is 0 Å². The number of hydrogen-bond donors (Lipinski definition) is 1. The molecule has 2 aliphatic rings. The molecule has 1 amide bonds. The number of nitrogens with zero attached hydrogens (tertiary/aromatic N) is 1. The number of hydrogen-bond acceptors (Lipinski definition) is 2. The highest BCUT2D eigenvalue weighted by Crippen LogP contribution is 2.31. The van der Waals surface area contributed by atoms with Gasteiger partial charge in [-0.25, -0.2) is 0 Å². The highest BCUT2D eigenvalue weighted by molar-refractivity contribution is 5.86. The minimum Gasteiger partial charge on any atom is -0.341 e. The summed E-state index contributed by atoms with van der Waals surface area (Å²) in [6.45, 7) is 6.44. The molecule has 2 rings (SSSR count). The van der Waals surface area contributed by atoms with Crippen molar-refractivity contribution >= 4 is 5.91 Å². The third kappa shape index (κ3) is 3.71. The second-order valence-corrected chi connectivity index (χ2v) is 7.07. The minimum absolute atomic E-state index is 0.229. The molecule has 1 saturated carbocycles. The monoisotopic (exact) mass is 266 g/mol. The van der Waals surface area contributed by atoms with Gasteiger partial charge in [0.15, 0.2) is 0 Å². The van der Waals surface area contributed by atoms with E-state index in [4.69, 9.17) is 5.73 Å². The molecule has 3 heteroatoms. The Morgan fingerprint density at radius 3 is 2.37 bits per heavy atom. The van der Waals surface area contributed by atoms with Crippen molar-refractivity contribution < 1.29 is 4.79 Å². The van der Waals surface area contributed by atoms with Gasteiger partial charge in [-0.05, 0) is 37.5 Å². The Labute approximate surface area is 117 Å². The summed E-state index contributed by atoms with van der Waals surface area (Å²) >= 11 is 0. The maximum Gasteiger partial charge on any atom is 0.242 e. The third-order valence-electron chi connectivity index (χ3n) is 4.98. The van der Waals surface area contributed by atoms with Crippen LogP contribution in [0.25, 0.3) is 0 Å². The lowest BCUT2D eigenvalue weighted by Crippen LogP contribution is -2.55. The van der Waals surface area contributed by atoms with Crippen molar-refractivity contribution in [2.75, 3.05) is 13.1 Å². The van der Waals surface area contributed by atoms with Gasteiger partial charge in [0.1, 0.15) is 0 Å². The van der Waals surface area contributed by atoms with Crippen LogP contribution in [0.2, 0.25) is 0 Å². The maximum atomic E-state index is 12.5. The van der Waals surface area contributed by atoms with E-state index in [1.807, 2.05) is 4.90 Å². The number of carbonyl (C=O) groups is 1. The van der Waals surface area contributed by atoms with E-state index in [1.165, 1.54) is 25.7 Å². The first-order chi connectivity index (χ1) is 9.01. The van der Waals surface area contributed by atoms with E-state index in [-0.39, 0.29) is 5.91 Å². The third-order valence-corrected chi connectivity index (χ3v) is 4.98. The number of carbonyl (C=O) groups excluding carboxylic acids is 1. The molecule has 19 heavy (non-hydrogen) atoms. The molecule has 0 unspecified atom stereocenters. The van der Waals surface area contributed by atoms with E-state index >= 15 is 0 Å². The number of nitrogens with two attached hydrogens (primary N) is 1. The lowest BCUT2D eigenvalue weighted by molar-refractivity contribution is -0.138. The van der Waals surface area contributed by atoms with E-state index in [2.05, 4.69) is 13.8 Å². The maximum absolute atomic E-state index is 12.5. The molecule has 2 fully saturated rings. The van der Waals surface area contributed by atoms with Crippen LogP contribution in [0.5, 0.6) is 0 Å². The number of amides is 1. The number of likely N-dealkylation sites (tertiary alicyclic amines) is 1. The minimum atomic E-state index is -0.523. The fraction of sp³-hybridized carbons (Fsp3) is 0.938. The fourth-order valence-electron chi connectivity index (χ4n) is 3.53. The van der Waals surface area contributed by atoms with Crippen LogP contribution in [-0.4, -0.2) is 29.4 Å². The SMILES string of the molecule is CC(C)CCC1CCN(C(=O)C2(N)CCCC2)CC1. The molecule has 0 bridgehead atoms. The Balaban J connectivity index is 1.78. The summed E-state index contributed by atoms with van der Waals surface area (Å²) in [5, 5.41) is 0. The molecule has 1 aliphatic heterocycles. The highest BCUT2D eigenvalue weighted by Gasteiger charge is 2.40. The molecule has 110 valence electrons. The summed E-state index contributed by atoms with van der Waals surface area (Å²) < 4.78 is 0. The van der Waals surface area contributed by atoms with E-state index in [0.29, 0.717) is 0 Å². The predicted molar refractivity (Wildman–Crippen MR) is 78.8 cm³/mol. The Morgan fingerprint density at radius 2 is 1.84 bits per heavy atom. The Morgan fingerprint density at radius 1 is 1.26 bits per heavy atom. The van der Waals surface area contributed by atoms with Crippen molar-refractivity contribution in [3.05, 3.63) is 0 Å². The van der Waals surface area contributed by atoms with E-state index < -0.39 is 5.54 Å². The van der Waals surface area contributed by atoms with E-state index in [0.717, 1.165) is 50.6 Å². The Bertz CT molecular complexity index is 300. The van der Waals surface area contributed by atoms with Gasteiger partial charge in [-0.2, -0.15) is 0 Å². The summed E-state index contributed by atoms with van der Waals surface area (Å²) in [5.41, 5.74) is 5.75. The molecule has 1 saturated heterocycles. The molecular formula is C16H30N2O. The molecular weight excluding hydrogens is 236 g/mol. The zero-order chi connectivity index (χ0) is 13.9. The van der Waals surface area contributed by atoms with Crippen molar-refractivity contribution in [3.8, 4) is 0 Å². The van der Waals surface area contributed by atoms with Crippen LogP contribution in [-0.2, 0) is 4.79 Å². The first-order valence-electron chi connectivity index (χ1n) is 8.09. The highest BCUT2D eigenvalue weighted by atomic mass is 16.2. The molecule has 1 aliphatic carbocycles. The van der Waals surface area contributed by atoms with Crippen LogP contribution in [0.15, 0.2) is 0 Å². The van der Waals surface area contributed by atoms with Crippen molar-refractivity contribution in [1.82, 2.24) is 4.90 Å². The van der Waals surface area contributed by atoms with Crippen molar-refractivity contribution in [1.29, 1.82) is 0 Å². The first kappa shape index (κ1) is 14.8. The molecule has 3 nitrogen and oxygen atoms in total. The normalized spacial score (nSPS) is 24.1. The van der Waals surface area contributed by atoms with Gasteiger partial charge in [0.2, 0.25) is 5.91 Å². The topological polar surface area (TPSA) is 46.3 Å². The molecule has 0 aromatic rings. The van der Waals surface area contributed by atoms with Gasteiger partial charge >= 0.3 is 0 Å². The summed E-state index contributed by atoms with van der Waals surface area (Å²) in [6, 6.07) is 0. The second kappa shape index (κ2) is 6.25. The predicted octanol–water partition coefficient (Wildman–Crippen LogP) is 2.93. The van der Waals surface area contributed by atoms with Gasteiger partial charge < -0.3 is 10.6 Å². The fourth-order valence-corrected chi connectivity index (χ4v) is 3.53. The summed E-state index contributed by atoms with van der Waals surface area (Å²) in [6.07, 6.45) is 9.01. The Kier molecular flexibility index (Phi) is 4.88. The van der Waals surface area contributed by atoms with Crippen LogP contribution in [0.1, 0.15) is 65.2 Å². The lowest BCUT2D eigenvalue weighted by atomic mass is 9.88. The summed E-state index contributed by atoms with van der Waals surface area (Å²) in [7, 11) is 0. The van der Waals surface area contributed by atoms with Gasteiger partial charge in [0.05, 0.1) is 5.54 Å². The quantitative estimate of drug-likeness (QED) is 0.850. The van der Waals surface area contributed by atoms with Crippen LogP contribution < -0.4 is 5.73 Å². The number of rotatable bonds is 4. The molecule has 0 aromatic carbocycles. The van der Waals surface area contributed by atoms with Crippen molar-refractivity contribution in [2.24, 2.45) is 17.6 Å². The molecule has 1 heterocycles. The number of piperidine rings is 1. The molecule has 0 atom stereocenters. The lowest BCUT2D eigenvalue weighted by Gasteiger charge is -2.37. The van der Waals surface area contributed by atoms with E-state index in [1.54, 1.807) is 0 Å². The molecule has 0 spiro atoms. The van der Waals surface area contributed by atoms with Crippen molar-refractivity contribution in [3.63, 3.8) is 0 Å². The first-order valence-corrected chi connectivity index (χ1v) is 8.09. The average Bonchev–Trinajstić information content (AvgIpc) is 2.84. The van der Waals surface area contributed by atoms with Gasteiger partial charge in [0.25, 0.3) is 0 Å². The summed E-state index contributed by atoms with van der Waals surface area (Å²) in [5.74, 6) is 1.85. The van der Waals surface area contributed by atoms with E-state index in [9.17, 15) is 4.79 Å². The largest absolute Gasteiger partial charge is 0.341 e. The van der Waals surface area contributed by atoms with Gasteiger partial charge in [0, 0.05) is 13.1 Å².